The average Bonchev–Trinajstić information content (AvgIpc) is 2.40. The number of nitrogens with zero attached hydrogens (tertiary/aromatic N) is 1. The van der Waals surface area contributed by atoms with Gasteiger partial charge in [-0.25, -0.2) is 15.0 Å². The van der Waals surface area contributed by atoms with E-state index < -0.39 is 6.03 Å². The molecule has 5 nitrogen and oxygen atoms in total. The minimum Gasteiger partial charge on any atom is -0.392 e. The summed E-state index contributed by atoms with van der Waals surface area (Å²) in [5.41, 5.74) is 1.05. The molecule has 0 radical (unpaired) electrons. The van der Waals surface area contributed by atoms with Crippen LogP contribution in [0, 0.1) is 0 Å². The van der Waals surface area contributed by atoms with E-state index in [-0.39, 0.29) is 18.9 Å². The third-order valence-electron chi connectivity index (χ3n) is 2.49. The number of amides is 2. The molecule has 2 amide bonds. The van der Waals surface area contributed by atoms with E-state index in [9.17, 15) is 14.3 Å². The number of carbonyl (C=O) groups is 1. The summed E-state index contributed by atoms with van der Waals surface area (Å²) in [5, 5.41) is 12.6. The molecule has 0 heterocycles. The molecule has 0 aromatic heterocycles. The molecule has 4 N–H and O–H groups in total. The van der Waals surface area contributed by atoms with Crippen LogP contribution in [0.25, 0.3) is 0 Å². The van der Waals surface area contributed by atoms with Crippen LogP contribution in [0.3, 0.4) is 0 Å². The van der Waals surface area contributed by atoms with E-state index in [1.165, 1.54) is 7.05 Å². The Kier molecular flexibility index (Phi) is 4.42. The van der Waals surface area contributed by atoms with Crippen LogP contribution in [0.2, 0.25) is 0 Å². The van der Waals surface area contributed by atoms with Crippen molar-refractivity contribution >= 4 is 6.03 Å². The Labute approximate surface area is 99.1 Å². The first kappa shape index (κ1) is 13.4. The molecule has 0 aromatic rings. The van der Waals surface area contributed by atoms with Gasteiger partial charge in [0.1, 0.15) is 5.83 Å². The minimum absolute atomic E-state index is 0.146. The Morgan fingerprint density at radius 3 is 2.88 bits per heavy atom. The number of nitrogens with one attached hydrogen (secondary N) is 1. The predicted octanol–water partition coefficient (Wildman–Crippen LogP) is 0.951. The molecular formula is C11H16FN3O2. The quantitative estimate of drug-likeness (QED) is 0.382. The van der Waals surface area contributed by atoms with Gasteiger partial charge in [0.2, 0.25) is 0 Å². The number of hydrogen-bond acceptors (Lipinski definition) is 3. The van der Waals surface area contributed by atoms with E-state index >= 15 is 0 Å². The van der Waals surface area contributed by atoms with Crippen LogP contribution in [-0.4, -0.2) is 29.8 Å². The van der Waals surface area contributed by atoms with E-state index in [1.54, 1.807) is 19.1 Å². The van der Waals surface area contributed by atoms with Gasteiger partial charge < -0.3 is 10.4 Å². The summed E-state index contributed by atoms with van der Waals surface area (Å²) in [6, 6.07) is -0.536. The summed E-state index contributed by atoms with van der Waals surface area (Å²) in [6.07, 6.45) is 3.28. The molecule has 0 bridgehead atoms. The van der Waals surface area contributed by atoms with Gasteiger partial charge in [-0.3, -0.25) is 5.01 Å². The van der Waals surface area contributed by atoms with Crippen LogP contribution in [0.5, 0.6) is 0 Å². The van der Waals surface area contributed by atoms with Gasteiger partial charge in [0.15, 0.2) is 0 Å². The topological polar surface area (TPSA) is 78.6 Å². The fraction of sp³-hybridized carbons (Fsp3) is 0.364. The molecular weight excluding hydrogens is 225 g/mol. The third-order valence-corrected chi connectivity index (χ3v) is 2.49. The first-order valence-electron chi connectivity index (χ1n) is 5.13. The van der Waals surface area contributed by atoms with Crippen molar-refractivity contribution in [3.63, 3.8) is 0 Å². The second-order valence-corrected chi connectivity index (χ2v) is 3.73. The maximum atomic E-state index is 13.5. The fourth-order valence-electron chi connectivity index (χ4n) is 1.42. The molecule has 0 unspecified atom stereocenters. The zero-order valence-electron chi connectivity index (χ0n) is 9.83. The SMILES string of the molecule is CC1=C(F)CC=CC(NC(=O)N(C)N)=C1CO. The summed E-state index contributed by atoms with van der Waals surface area (Å²) >= 11 is 0. The van der Waals surface area contributed by atoms with Crippen molar-refractivity contribution in [3.8, 4) is 0 Å². The summed E-state index contributed by atoms with van der Waals surface area (Å²) in [5.74, 6) is 4.94. The minimum atomic E-state index is -0.536. The van der Waals surface area contributed by atoms with E-state index in [1.807, 2.05) is 0 Å². The molecule has 6 heteroatoms. The lowest BCUT2D eigenvalue weighted by Crippen LogP contribution is -2.41. The average molecular weight is 241 g/mol. The van der Waals surface area contributed by atoms with Gasteiger partial charge in [-0.2, -0.15) is 0 Å². The number of aliphatic hydroxyl groups is 1. The number of nitrogens with two attached hydrogens (primary N) is 1. The van der Waals surface area contributed by atoms with E-state index in [2.05, 4.69) is 5.32 Å². The second kappa shape index (κ2) is 5.60. The molecule has 1 rings (SSSR count). The lowest BCUT2D eigenvalue weighted by Gasteiger charge is -2.15. The Hall–Kier alpha value is -1.66. The van der Waals surface area contributed by atoms with Gasteiger partial charge in [0, 0.05) is 24.7 Å². The number of allylic oxidation sites excluding steroid dienone is 3. The Balaban J connectivity index is 3.08. The van der Waals surface area contributed by atoms with Gasteiger partial charge in [-0.1, -0.05) is 6.08 Å². The summed E-state index contributed by atoms with van der Waals surface area (Å²) in [7, 11) is 1.39. The van der Waals surface area contributed by atoms with E-state index in [0.29, 0.717) is 16.8 Å². The van der Waals surface area contributed by atoms with Crippen molar-refractivity contribution in [1.29, 1.82) is 0 Å². The number of carbonyl (C=O) groups excluding carboxylic acids is 1. The van der Waals surface area contributed by atoms with Crippen LogP contribution in [-0.2, 0) is 0 Å². The molecule has 1 aliphatic carbocycles. The highest BCUT2D eigenvalue weighted by molar-refractivity contribution is 5.76. The standard InChI is InChI=1S/C11H16FN3O2/c1-7-8(6-16)10(5-3-4-9(7)12)14-11(17)15(2)13/h3,5,16H,4,6,13H2,1-2H3,(H,14,17). The Morgan fingerprint density at radius 2 is 2.35 bits per heavy atom. The molecule has 17 heavy (non-hydrogen) atoms. The van der Waals surface area contributed by atoms with Crippen molar-refractivity contribution in [2.45, 2.75) is 13.3 Å². The van der Waals surface area contributed by atoms with Gasteiger partial charge >= 0.3 is 6.03 Å². The Bertz CT molecular complexity index is 411. The highest BCUT2D eigenvalue weighted by Gasteiger charge is 2.15. The maximum absolute atomic E-state index is 13.5. The predicted molar refractivity (Wildman–Crippen MR) is 62.2 cm³/mol. The largest absolute Gasteiger partial charge is 0.392 e. The molecule has 0 spiro atoms. The number of urea groups is 1. The van der Waals surface area contributed by atoms with Crippen LogP contribution in [0.4, 0.5) is 9.18 Å². The number of hydrogen-bond donors (Lipinski definition) is 3. The van der Waals surface area contributed by atoms with Crippen LogP contribution in [0.1, 0.15) is 13.3 Å². The number of halogens is 1. The smallest absolute Gasteiger partial charge is 0.335 e. The third kappa shape index (κ3) is 3.15. The molecule has 0 atom stereocenters. The molecule has 0 saturated heterocycles. The first-order valence-corrected chi connectivity index (χ1v) is 5.13. The highest BCUT2D eigenvalue weighted by atomic mass is 19.1. The maximum Gasteiger partial charge on any atom is 0.335 e. The van der Waals surface area contributed by atoms with Gasteiger partial charge in [0.05, 0.1) is 6.61 Å². The molecule has 0 aromatic carbocycles. The molecule has 0 fully saturated rings. The normalized spacial score (nSPS) is 16.1. The van der Waals surface area contributed by atoms with Gasteiger partial charge in [-0.05, 0) is 18.6 Å². The van der Waals surface area contributed by atoms with Crippen LogP contribution in [0.15, 0.2) is 34.8 Å². The summed E-state index contributed by atoms with van der Waals surface area (Å²) < 4.78 is 13.5. The highest BCUT2D eigenvalue weighted by Crippen LogP contribution is 2.24. The van der Waals surface area contributed by atoms with Crippen molar-refractivity contribution in [2.75, 3.05) is 13.7 Å². The molecule has 0 saturated carbocycles. The van der Waals surface area contributed by atoms with Gasteiger partial charge in [-0.15, -0.1) is 0 Å². The zero-order valence-corrected chi connectivity index (χ0v) is 9.83. The van der Waals surface area contributed by atoms with Crippen LogP contribution < -0.4 is 11.2 Å². The monoisotopic (exact) mass is 241 g/mol. The Morgan fingerprint density at radius 1 is 1.71 bits per heavy atom. The van der Waals surface area contributed by atoms with Crippen LogP contribution >= 0.6 is 0 Å². The summed E-state index contributed by atoms with van der Waals surface area (Å²) in [4.78, 5) is 11.4. The van der Waals surface area contributed by atoms with Crippen molar-refractivity contribution < 1.29 is 14.3 Å². The number of aliphatic hydroxyl groups excluding tert-OH is 1. The van der Waals surface area contributed by atoms with E-state index in [0.717, 1.165) is 5.01 Å². The number of hydrazine groups is 1. The first-order chi connectivity index (χ1) is 7.97. The molecule has 1 aliphatic rings. The molecule has 0 aliphatic heterocycles. The number of rotatable bonds is 2. The van der Waals surface area contributed by atoms with Gasteiger partial charge in [0.25, 0.3) is 0 Å². The lowest BCUT2D eigenvalue weighted by atomic mass is 10.1. The fourth-order valence-corrected chi connectivity index (χ4v) is 1.42. The van der Waals surface area contributed by atoms with Crippen molar-refractivity contribution in [2.24, 2.45) is 5.84 Å². The van der Waals surface area contributed by atoms with Crippen molar-refractivity contribution in [3.05, 3.63) is 34.8 Å². The lowest BCUT2D eigenvalue weighted by molar-refractivity contribution is 0.213. The summed E-state index contributed by atoms with van der Waals surface area (Å²) in [6.45, 7) is 1.21. The van der Waals surface area contributed by atoms with Crippen molar-refractivity contribution in [1.82, 2.24) is 10.3 Å². The zero-order chi connectivity index (χ0) is 13.0. The van der Waals surface area contributed by atoms with E-state index in [4.69, 9.17) is 5.84 Å². The molecule has 94 valence electrons. The second-order valence-electron chi connectivity index (χ2n) is 3.73.